The highest BCUT2D eigenvalue weighted by Crippen LogP contribution is 2.00. The highest BCUT2D eigenvalue weighted by Gasteiger charge is 2.09. The van der Waals surface area contributed by atoms with Gasteiger partial charge in [0.1, 0.15) is 0 Å². The van der Waals surface area contributed by atoms with Crippen LogP contribution in [-0.4, -0.2) is 50.3 Å². The van der Waals surface area contributed by atoms with Crippen LogP contribution in [0.2, 0.25) is 0 Å². The van der Waals surface area contributed by atoms with Gasteiger partial charge in [0.05, 0.1) is 19.8 Å². The summed E-state index contributed by atoms with van der Waals surface area (Å²) in [5.41, 5.74) is 3.42. The number of hydrogen-bond acceptors (Lipinski definition) is 4. The molecule has 1 aliphatic heterocycles. The van der Waals surface area contributed by atoms with Gasteiger partial charge in [-0.3, -0.25) is 9.74 Å². The van der Waals surface area contributed by atoms with Crippen molar-refractivity contribution in [3.63, 3.8) is 0 Å². The van der Waals surface area contributed by atoms with Crippen molar-refractivity contribution in [2.75, 3.05) is 39.4 Å². The van der Waals surface area contributed by atoms with Crippen LogP contribution in [-0.2, 0) is 16.2 Å². The molecule has 1 aromatic carbocycles. The van der Waals surface area contributed by atoms with E-state index in [0.29, 0.717) is 13.2 Å². The van der Waals surface area contributed by atoms with Crippen LogP contribution in [0.25, 0.3) is 0 Å². The van der Waals surface area contributed by atoms with Crippen LogP contribution >= 0.6 is 0 Å². The van der Waals surface area contributed by atoms with E-state index in [1.54, 1.807) is 0 Å². The summed E-state index contributed by atoms with van der Waals surface area (Å²) < 4.78 is 5.31. The topological polar surface area (TPSA) is 62.8 Å². The van der Waals surface area contributed by atoms with Crippen molar-refractivity contribution in [2.45, 2.75) is 19.4 Å². The largest absolute Gasteiger partial charge is 0.379 e. The Bertz CT molecular complexity index is 422. The number of ether oxygens (including phenoxy) is 1. The smallest absolute Gasteiger partial charge is 0.338 e. The maximum atomic E-state index is 11.5. The first kappa shape index (κ1) is 16.7. The van der Waals surface area contributed by atoms with Gasteiger partial charge in [0, 0.05) is 19.6 Å². The summed E-state index contributed by atoms with van der Waals surface area (Å²) in [6.45, 7) is 5.79. The molecule has 0 aromatic heterocycles. The van der Waals surface area contributed by atoms with Crippen LogP contribution in [0.1, 0.15) is 18.4 Å². The Morgan fingerprint density at radius 2 is 1.95 bits per heavy atom. The molecule has 1 fully saturated rings. The first-order valence-corrected chi connectivity index (χ1v) is 7.84. The Labute approximate surface area is 131 Å². The normalized spacial score (nSPS) is 15.5. The molecule has 2 N–H and O–H groups in total. The average Bonchev–Trinajstić information content (AvgIpc) is 2.56. The molecular formula is C16H25N3O3. The van der Waals surface area contributed by atoms with Crippen LogP contribution in [0.3, 0.4) is 0 Å². The molecule has 122 valence electrons. The van der Waals surface area contributed by atoms with Gasteiger partial charge in [-0.1, -0.05) is 30.3 Å². The lowest BCUT2D eigenvalue weighted by molar-refractivity contribution is 0.0371. The summed E-state index contributed by atoms with van der Waals surface area (Å²) in [5, 5.41) is 2.79. The number of nitrogens with one attached hydrogen (secondary N) is 2. The van der Waals surface area contributed by atoms with Crippen LogP contribution in [0.15, 0.2) is 30.3 Å². The van der Waals surface area contributed by atoms with Crippen molar-refractivity contribution >= 4 is 6.03 Å². The zero-order valence-electron chi connectivity index (χ0n) is 12.9. The molecule has 0 radical (unpaired) electrons. The number of urea groups is 1. The van der Waals surface area contributed by atoms with Gasteiger partial charge in [-0.15, -0.1) is 0 Å². The summed E-state index contributed by atoms with van der Waals surface area (Å²) >= 11 is 0. The summed E-state index contributed by atoms with van der Waals surface area (Å²) in [7, 11) is 0. The van der Waals surface area contributed by atoms with Crippen LogP contribution < -0.4 is 10.8 Å². The quantitative estimate of drug-likeness (QED) is 0.565. The molecule has 0 saturated carbocycles. The van der Waals surface area contributed by atoms with Crippen molar-refractivity contribution in [3.8, 4) is 0 Å². The van der Waals surface area contributed by atoms with E-state index >= 15 is 0 Å². The first-order chi connectivity index (χ1) is 10.8. The number of amides is 2. The average molecular weight is 307 g/mol. The molecule has 1 aliphatic rings. The summed E-state index contributed by atoms with van der Waals surface area (Å²) in [4.78, 5) is 19.1. The van der Waals surface area contributed by atoms with Crippen molar-refractivity contribution in [3.05, 3.63) is 35.9 Å². The van der Waals surface area contributed by atoms with E-state index in [-0.39, 0.29) is 6.03 Å². The third kappa shape index (κ3) is 6.89. The van der Waals surface area contributed by atoms with Crippen molar-refractivity contribution < 1.29 is 14.4 Å². The van der Waals surface area contributed by atoms with E-state index in [1.165, 1.54) is 0 Å². The second-order valence-electron chi connectivity index (χ2n) is 5.29. The molecule has 22 heavy (non-hydrogen) atoms. The Balaban J connectivity index is 1.44. The third-order valence-electron chi connectivity index (χ3n) is 3.54. The van der Waals surface area contributed by atoms with Crippen molar-refractivity contribution in [1.82, 2.24) is 15.7 Å². The Hall–Kier alpha value is -1.63. The van der Waals surface area contributed by atoms with Gasteiger partial charge in [-0.2, -0.15) is 0 Å². The standard InChI is InChI=1S/C16H25N3O3/c20-16(18-22-14-15-6-2-1-3-7-15)17-8-4-5-9-19-10-12-21-13-11-19/h1-3,6-7H,4-5,8-14H2,(H2,17,18,20). The minimum absolute atomic E-state index is 0.290. The van der Waals surface area contributed by atoms with Crippen molar-refractivity contribution in [1.29, 1.82) is 0 Å². The number of hydroxylamine groups is 1. The molecule has 0 bridgehead atoms. The predicted molar refractivity (Wildman–Crippen MR) is 84.3 cm³/mol. The fourth-order valence-corrected chi connectivity index (χ4v) is 2.28. The molecule has 6 heteroatoms. The van der Waals surface area contributed by atoms with E-state index in [9.17, 15) is 4.79 Å². The highest BCUT2D eigenvalue weighted by molar-refractivity contribution is 5.72. The van der Waals surface area contributed by atoms with Gasteiger partial charge in [-0.25, -0.2) is 10.3 Å². The molecule has 2 amide bonds. The first-order valence-electron chi connectivity index (χ1n) is 7.84. The van der Waals surface area contributed by atoms with Crippen LogP contribution in [0.5, 0.6) is 0 Å². The molecule has 2 rings (SSSR count). The van der Waals surface area contributed by atoms with Crippen LogP contribution in [0, 0.1) is 0 Å². The van der Waals surface area contributed by atoms with E-state index in [0.717, 1.165) is 51.3 Å². The lowest BCUT2D eigenvalue weighted by Gasteiger charge is -2.26. The number of unbranched alkanes of at least 4 members (excludes halogenated alkanes) is 1. The van der Waals surface area contributed by atoms with Gasteiger partial charge >= 0.3 is 6.03 Å². The molecule has 0 atom stereocenters. The van der Waals surface area contributed by atoms with E-state index in [1.807, 2.05) is 30.3 Å². The zero-order chi connectivity index (χ0) is 15.5. The number of nitrogens with zero attached hydrogens (tertiary/aromatic N) is 1. The Morgan fingerprint density at radius 3 is 2.73 bits per heavy atom. The number of rotatable bonds is 8. The van der Waals surface area contributed by atoms with Gasteiger partial charge in [0.15, 0.2) is 0 Å². The number of carbonyl (C=O) groups excluding carboxylic acids is 1. The number of morpholine rings is 1. The van der Waals surface area contributed by atoms with Gasteiger partial charge in [0.25, 0.3) is 0 Å². The molecule has 0 unspecified atom stereocenters. The third-order valence-corrected chi connectivity index (χ3v) is 3.54. The van der Waals surface area contributed by atoms with Crippen LogP contribution in [0.4, 0.5) is 4.79 Å². The van der Waals surface area contributed by atoms with Gasteiger partial charge in [0.2, 0.25) is 0 Å². The number of hydrogen-bond donors (Lipinski definition) is 2. The minimum atomic E-state index is -0.290. The van der Waals surface area contributed by atoms with E-state index < -0.39 is 0 Å². The Kier molecular flexibility index (Phi) is 7.73. The van der Waals surface area contributed by atoms with Gasteiger partial charge in [-0.05, 0) is 24.9 Å². The fourth-order valence-electron chi connectivity index (χ4n) is 2.28. The predicted octanol–water partition coefficient (Wildman–Crippen LogP) is 1.53. The molecule has 0 aliphatic carbocycles. The second kappa shape index (κ2) is 10.2. The zero-order valence-corrected chi connectivity index (χ0v) is 12.9. The van der Waals surface area contributed by atoms with E-state index in [2.05, 4.69) is 15.7 Å². The number of benzene rings is 1. The Morgan fingerprint density at radius 1 is 1.18 bits per heavy atom. The summed E-state index contributed by atoms with van der Waals surface area (Å²) in [6.07, 6.45) is 2.04. The number of carbonyl (C=O) groups is 1. The fraction of sp³-hybridized carbons (Fsp3) is 0.562. The maximum Gasteiger partial charge on any atom is 0.338 e. The summed E-state index contributed by atoms with van der Waals surface area (Å²) in [6, 6.07) is 9.43. The monoisotopic (exact) mass is 307 g/mol. The second-order valence-corrected chi connectivity index (χ2v) is 5.29. The van der Waals surface area contributed by atoms with Gasteiger partial charge < -0.3 is 10.1 Å². The summed E-state index contributed by atoms with van der Waals surface area (Å²) in [5.74, 6) is 0. The lowest BCUT2D eigenvalue weighted by Crippen LogP contribution is -2.38. The molecular weight excluding hydrogens is 282 g/mol. The SMILES string of the molecule is O=C(NCCCCN1CCOCC1)NOCc1ccccc1. The molecule has 1 saturated heterocycles. The molecule has 1 aromatic rings. The maximum absolute atomic E-state index is 11.5. The molecule has 6 nitrogen and oxygen atoms in total. The lowest BCUT2D eigenvalue weighted by atomic mass is 10.2. The molecule has 1 heterocycles. The minimum Gasteiger partial charge on any atom is -0.379 e. The highest BCUT2D eigenvalue weighted by atomic mass is 16.7. The van der Waals surface area contributed by atoms with Crippen molar-refractivity contribution in [2.24, 2.45) is 0 Å². The molecule has 0 spiro atoms. The van der Waals surface area contributed by atoms with E-state index in [4.69, 9.17) is 9.57 Å².